The third-order valence-corrected chi connectivity index (χ3v) is 5.86. The van der Waals surface area contributed by atoms with Crippen LogP contribution in [-0.4, -0.2) is 33.5 Å². The fourth-order valence-electron chi connectivity index (χ4n) is 2.64. The zero-order valence-corrected chi connectivity index (χ0v) is 18.4. The van der Waals surface area contributed by atoms with Gasteiger partial charge in [0.05, 0.1) is 16.5 Å². The van der Waals surface area contributed by atoms with Crippen molar-refractivity contribution in [3.63, 3.8) is 0 Å². The normalized spacial score (nSPS) is 12.6. The molecule has 1 atom stereocenters. The fraction of sp³-hybridized carbons (Fsp3) is 0.381. The van der Waals surface area contributed by atoms with Crippen molar-refractivity contribution < 1.29 is 17.9 Å². The lowest BCUT2D eigenvalue weighted by Crippen LogP contribution is -2.48. The number of carbonyl (C=O) groups is 1. The van der Waals surface area contributed by atoms with E-state index < -0.39 is 16.1 Å². The van der Waals surface area contributed by atoms with E-state index in [2.05, 4.69) is 10.0 Å². The number of benzene rings is 2. The summed E-state index contributed by atoms with van der Waals surface area (Å²) in [6.07, 6.45) is 0.231. The van der Waals surface area contributed by atoms with Crippen LogP contribution in [0.25, 0.3) is 0 Å². The Hall–Kier alpha value is -2.09. The third kappa shape index (κ3) is 7.03. The van der Waals surface area contributed by atoms with E-state index in [1.54, 1.807) is 0 Å². The van der Waals surface area contributed by atoms with Crippen LogP contribution in [0, 0.1) is 5.92 Å². The molecule has 29 heavy (non-hydrogen) atoms. The minimum Gasteiger partial charge on any atom is -0.492 e. The van der Waals surface area contributed by atoms with Gasteiger partial charge in [-0.3, -0.25) is 4.79 Å². The van der Waals surface area contributed by atoms with Gasteiger partial charge in [-0.05, 0) is 43.0 Å². The highest BCUT2D eigenvalue weighted by molar-refractivity contribution is 7.89. The highest BCUT2D eigenvalue weighted by Crippen LogP contribution is 2.27. The number of sulfonamides is 1. The topological polar surface area (TPSA) is 84.5 Å². The molecule has 0 spiro atoms. The maximum absolute atomic E-state index is 12.9. The predicted molar refractivity (Wildman–Crippen MR) is 115 cm³/mol. The van der Waals surface area contributed by atoms with Gasteiger partial charge in [0.15, 0.2) is 0 Å². The van der Waals surface area contributed by atoms with Crippen molar-refractivity contribution in [2.45, 2.75) is 38.1 Å². The highest BCUT2D eigenvalue weighted by Gasteiger charge is 2.26. The molecule has 0 aliphatic heterocycles. The quantitative estimate of drug-likeness (QED) is 0.595. The zero-order valence-electron chi connectivity index (χ0n) is 16.8. The van der Waals surface area contributed by atoms with Crippen molar-refractivity contribution in [2.75, 3.05) is 13.2 Å². The van der Waals surface area contributed by atoms with E-state index >= 15 is 0 Å². The van der Waals surface area contributed by atoms with Crippen LogP contribution in [-0.2, 0) is 21.2 Å². The van der Waals surface area contributed by atoms with Crippen LogP contribution in [0.2, 0.25) is 5.02 Å². The average molecular weight is 439 g/mol. The van der Waals surface area contributed by atoms with Gasteiger partial charge < -0.3 is 10.1 Å². The first-order valence-electron chi connectivity index (χ1n) is 9.49. The Balaban J connectivity index is 2.25. The third-order valence-electron chi connectivity index (χ3n) is 4.09. The Kier molecular flexibility index (Phi) is 8.49. The fourth-order valence-corrected chi connectivity index (χ4v) is 4.16. The molecule has 0 radical (unpaired) electrons. The summed E-state index contributed by atoms with van der Waals surface area (Å²) in [7, 11) is -3.97. The second kappa shape index (κ2) is 10.6. The Labute approximate surface area is 177 Å². The summed E-state index contributed by atoms with van der Waals surface area (Å²) in [4.78, 5) is 12.7. The largest absolute Gasteiger partial charge is 0.492 e. The van der Waals surface area contributed by atoms with Gasteiger partial charge in [0, 0.05) is 6.54 Å². The molecule has 0 aliphatic rings. The smallest absolute Gasteiger partial charge is 0.241 e. The monoisotopic (exact) mass is 438 g/mol. The summed E-state index contributed by atoms with van der Waals surface area (Å²) in [6.45, 7) is 6.63. The van der Waals surface area contributed by atoms with Crippen LogP contribution < -0.4 is 14.8 Å². The van der Waals surface area contributed by atoms with Gasteiger partial charge in [0.1, 0.15) is 11.8 Å². The van der Waals surface area contributed by atoms with Crippen LogP contribution in [0.5, 0.6) is 5.75 Å². The Bertz CT molecular complexity index is 918. The first-order chi connectivity index (χ1) is 13.7. The minimum absolute atomic E-state index is 0.0272. The molecule has 1 amide bonds. The van der Waals surface area contributed by atoms with E-state index in [-0.39, 0.29) is 28.2 Å². The van der Waals surface area contributed by atoms with Gasteiger partial charge in [-0.15, -0.1) is 0 Å². The number of hydrogen-bond acceptors (Lipinski definition) is 4. The van der Waals surface area contributed by atoms with Gasteiger partial charge in [-0.25, -0.2) is 8.42 Å². The number of amides is 1. The van der Waals surface area contributed by atoms with E-state index in [4.69, 9.17) is 16.3 Å². The van der Waals surface area contributed by atoms with Crippen molar-refractivity contribution in [3.05, 3.63) is 59.1 Å². The Morgan fingerprint density at radius 1 is 1.14 bits per heavy atom. The van der Waals surface area contributed by atoms with Gasteiger partial charge in [-0.1, -0.05) is 55.8 Å². The van der Waals surface area contributed by atoms with Gasteiger partial charge in [-0.2, -0.15) is 4.72 Å². The SMILES string of the molecule is CCOc1ccc(S(=O)(=O)N[C@H](Cc2ccccc2)C(=O)NCC(C)C)cc1Cl. The van der Waals surface area contributed by atoms with Crippen molar-refractivity contribution in [3.8, 4) is 5.75 Å². The van der Waals surface area contributed by atoms with Crippen LogP contribution in [0.3, 0.4) is 0 Å². The van der Waals surface area contributed by atoms with Gasteiger partial charge >= 0.3 is 0 Å². The van der Waals surface area contributed by atoms with Crippen LogP contribution in [0.15, 0.2) is 53.4 Å². The molecule has 158 valence electrons. The maximum atomic E-state index is 12.9. The van der Waals surface area contributed by atoms with Crippen molar-refractivity contribution in [1.82, 2.24) is 10.0 Å². The van der Waals surface area contributed by atoms with Crippen LogP contribution in [0.4, 0.5) is 0 Å². The van der Waals surface area contributed by atoms with Crippen molar-refractivity contribution in [2.24, 2.45) is 5.92 Å². The number of carbonyl (C=O) groups excluding carboxylic acids is 1. The number of halogens is 1. The molecule has 2 rings (SSSR count). The van der Waals surface area contributed by atoms with Gasteiger partial charge in [0.2, 0.25) is 15.9 Å². The van der Waals surface area contributed by atoms with Crippen LogP contribution >= 0.6 is 11.6 Å². The lowest BCUT2D eigenvalue weighted by molar-refractivity contribution is -0.122. The van der Waals surface area contributed by atoms with Gasteiger partial charge in [0.25, 0.3) is 0 Å². The van der Waals surface area contributed by atoms with Crippen molar-refractivity contribution in [1.29, 1.82) is 0 Å². The molecular weight excluding hydrogens is 412 g/mol. The molecule has 0 fully saturated rings. The lowest BCUT2D eigenvalue weighted by Gasteiger charge is -2.20. The number of rotatable bonds is 10. The summed E-state index contributed by atoms with van der Waals surface area (Å²) in [5.74, 6) is 0.282. The maximum Gasteiger partial charge on any atom is 0.241 e. The Morgan fingerprint density at radius 2 is 1.83 bits per heavy atom. The zero-order chi connectivity index (χ0) is 21.4. The summed E-state index contributed by atoms with van der Waals surface area (Å²) in [5.41, 5.74) is 0.852. The number of ether oxygens (including phenoxy) is 1. The molecular formula is C21H27ClN2O4S. The molecule has 0 unspecified atom stereocenters. The molecule has 0 aromatic heterocycles. The predicted octanol–water partition coefficient (Wildman–Crippen LogP) is 3.40. The molecule has 0 aliphatic carbocycles. The molecule has 8 heteroatoms. The second-order valence-corrected chi connectivity index (χ2v) is 9.15. The Morgan fingerprint density at radius 3 is 2.41 bits per heavy atom. The molecule has 2 N–H and O–H groups in total. The molecule has 2 aromatic rings. The molecule has 0 bridgehead atoms. The van der Waals surface area contributed by atoms with Crippen molar-refractivity contribution >= 4 is 27.5 Å². The summed E-state index contributed by atoms with van der Waals surface area (Å²) in [5, 5.41) is 2.99. The molecule has 2 aromatic carbocycles. The molecule has 0 saturated carbocycles. The van der Waals surface area contributed by atoms with E-state index in [0.29, 0.717) is 18.9 Å². The second-order valence-electron chi connectivity index (χ2n) is 7.03. The number of nitrogens with one attached hydrogen (secondary N) is 2. The highest BCUT2D eigenvalue weighted by atomic mass is 35.5. The van der Waals surface area contributed by atoms with Crippen LogP contribution in [0.1, 0.15) is 26.3 Å². The molecule has 6 nitrogen and oxygen atoms in total. The standard InChI is InChI=1S/C21H27ClN2O4S/c1-4-28-20-11-10-17(13-18(20)22)29(26,27)24-19(21(25)23-14-15(2)3)12-16-8-6-5-7-9-16/h5-11,13,15,19,24H,4,12,14H2,1-3H3,(H,23,25)/t19-/m1/s1. The first-order valence-corrected chi connectivity index (χ1v) is 11.4. The lowest BCUT2D eigenvalue weighted by atomic mass is 10.1. The van der Waals surface area contributed by atoms with E-state index in [9.17, 15) is 13.2 Å². The summed E-state index contributed by atoms with van der Waals surface area (Å²) in [6, 6.07) is 12.5. The molecule has 0 saturated heterocycles. The van der Waals surface area contributed by atoms with E-state index in [1.807, 2.05) is 51.1 Å². The average Bonchev–Trinajstić information content (AvgIpc) is 2.68. The summed E-state index contributed by atoms with van der Waals surface area (Å²) >= 11 is 6.13. The molecule has 0 heterocycles. The minimum atomic E-state index is -3.97. The number of hydrogen-bond donors (Lipinski definition) is 2. The van der Waals surface area contributed by atoms with E-state index in [1.165, 1.54) is 18.2 Å². The van der Waals surface area contributed by atoms with E-state index in [0.717, 1.165) is 5.56 Å². The first kappa shape index (κ1) is 23.2. The summed E-state index contributed by atoms with van der Waals surface area (Å²) < 4.78 is 33.7.